The summed E-state index contributed by atoms with van der Waals surface area (Å²) >= 11 is 0. The highest BCUT2D eigenvalue weighted by atomic mass is 16.8. The van der Waals surface area contributed by atoms with E-state index in [0.29, 0.717) is 0 Å². The Morgan fingerprint density at radius 1 is 0.244 bits per heavy atom. The van der Waals surface area contributed by atoms with Gasteiger partial charge in [-0.05, 0) is 6.92 Å². The van der Waals surface area contributed by atoms with Crippen molar-refractivity contribution < 1.29 is 224 Å². The van der Waals surface area contributed by atoms with Gasteiger partial charge in [0.1, 0.15) is 94.0 Å². The van der Waals surface area contributed by atoms with Crippen LogP contribution in [0.4, 0.5) is 0 Å². The standard InChI is InChI=1S/C75H103NO47/c1-21-22-95-71-65(110-43(17)91)62(108-41(15)89)57(50(115-71)26-99-33(7)81)119-73-67(112-45(19)93)63(109-42(16)90)58(51(118-73)27-100-34(8)82)120-74-68(113-46(20)94)64(56(105-38(12)86)49(116-74)25-98-32(6)80)122-70-52(76-29(3)77)59(54(103-36(10)84)47(114-70)23-96-30(4)78)121-75-69(61(107-40(14)88)55(104-37(11)85)48(117-75)24-97-31(5)79)123-72-66(111-44(18)92)60(106-39(13)87)53(28(2)101-72)102-35(9)83/h21,28,47-75H,1,22-27H2,2-20H3,(H,76,77)/t28-,47+,48+,49+,50+,51+,52+,53+,54-,55-,56-,57+,58-,59+,60-,61-,62-,63-,64-,65+,66-,67+,68+,69+,70-,71+,72-,73-,74+,75-/m0/s1. The quantitative estimate of drug-likeness (QED) is 0.0402. The molecule has 6 heterocycles. The largest absolute Gasteiger partial charge is 0.463 e. The van der Waals surface area contributed by atoms with Crippen LogP contribution in [0.1, 0.15) is 132 Å². The van der Waals surface area contributed by atoms with Crippen LogP contribution in [0.25, 0.3) is 0 Å². The molecule has 690 valence electrons. The van der Waals surface area contributed by atoms with Crippen LogP contribution in [0, 0.1) is 0 Å². The second-order valence-corrected chi connectivity index (χ2v) is 28.2. The predicted octanol–water partition coefficient (Wildman–Crippen LogP) is -2.02. The zero-order valence-electron chi connectivity index (χ0n) is 70.5. The van der Waals surface area contributed by atoms with Crippen LogP contribution >= 0.6 is 0 Å². The van der Waals surface area contributed by atoms with Crippen molar-refractivity contribution in [3.8, 4) is 0 Å². The number of amides is 1. The molecule has 0 bridgehead atoms. The van der Waals surface area contributed by atoms with Crippen LogP contribution in [0.5, 0.6) is 0 Å². The summed E-state index contributed by atoms with van der Waals surface area (Å²) in [5, 5.41) is 2.55. The molecule has 48 nitrogen and oxygen atoms in total. The highest BCUT2D eigenvalue weighted by Crippen LogP contribution is 2.43. The highest BCUT2D eigenvalue weighted by molar-refractivity contribution is 5.74. The summed E-state index contributed by atoms with van der Waals surface area (Å²) in [7, 11) is 0. The molecule has 6 saturated heterocycles. The molecule has 6 aliphatic rings. The summed E-state index contributed by atoms with van der Waals surface area (Å²) in [6, 6.07) is -2.20. The Morgan fingerprint density at radius 3 is 0.789 bits per heavy atom. The topological polar surface area (TPSA) is 587 Å². The maximum atomic E-state index is 14.2. The van der Waals surface area contributed by atoms with Crippen molar-refractivity contribution >= 4 is 107 Å². The first-order valence-corrected chi connectivity index (χ1v) is 38.1. The van der Waals surface area contributed by atoms with Crippen LogP contribution in [-0.4, -0.2) is 331 Å². The van der Waals surface area contributed by atoms with Crippen LogP contribution in [0.2, 0.25) is 0 Å². The minimum atomic E-state index is -2.45. The number of carbonyl (C=O) groups excluding carboxylic acids is 18. The molecule has 0 saturated carbocycles. The van der Waals surface area contributed by atoms with Crippen LogP contribution < -0.4 is 5.32 Å². The fourth-order valence-corrected chi connectivity index (χ4v) is 13.8. The van der Waals surface area contributed by atoms with Gasteiger partial charge in [-0.3, -0.25) is 86.3 Å². The number of ether oxygens (including phenoxy) is 29. The number of rotatable bonds is 36. The van der Waals surface area contributed by atoms with Crippen LogP contribution in [0.15, 0.2) is 12.7 Å². The molecule has 48 heteroatoms. The van der Waals surface area contributed by atoms with Crippen molar-refractivity contribution in [2.75, 3.05) is 39.6 Å². The molecule has 0 aromatic carbocycles. The molecule has 6 rings (SSSR count). The summed E-state index contributed by atoms with van der Waals surface area (Å²) < 4.78 is 175. The minimum absolute atomic E-state index is 0.304. The Bertz CT molecular complexity index is 3790. The molecule has 123 heavy (non-hydrogen) atoms. The van der Waals surface area contributed by atoms with Crippen molar-refractivity contribution in [2.24, 2.45) is 0 Å². The van der Waals surface area contributed by atoms with Crippen molar-refractivity contribution in [3.63, 3.8) is 0 Å². The Labute approximate surface area is 702 Å². The molecule has 0 aromatic rings. The van der Waals surface area contributed by atoms with Crippen molar-refractivity contribution in [2.45, 2.75) is 316 Å². The van der Waals surface area contributed by atoms with Crippen molar-refractivity contribution in [1.29, 1.82) is 0 Å². The Morgan fingerprint density at radius 2 is 0.463 bits per heavy atom. The average Bonchev–Trinajstić information content (AvgIpc) is 0.756. The van der Waals surface area contributed by atoms with Gasteiger partial charge in [-0.2, -0.15) is 0 Å². The molecule has 6 fully saturated rings. The van der Waals surface area contributed by atoms with Crippen molar-refractivity contribution in [3.05, 3.63) is 12.7 Å². The number of hydrogen-bond acceptors (Lipinski definition) is 47. The maximum absolute atomic E-state index is 14.2. The minimum Gasteiger partial charge on any atom is -0.463 e. The Balaban J connectivity index is 1.66. The first-order valence-electron chi connectivity index (χ1n) is 38.1. The molecule has 1 amide bonds. The number of esters is 17. The molecule has 0 unspecified atom stereocenters. The first kappa shape index (κ1) is 102. The fourth-order valence-electron chi connectivity index (χ4n) is 13.8. The molecular weight excluding hydrogens is 1670 g/mol. The van der Waals surface area contributed by atoms with Gasteiger partial charge >= 0.3 is 101 Å². The van der Waals surface area contributed by atoms with Gasteiger partial charge in [0.05, 0.1) is 12.7 Å². The third-order valence-electron chi connectivity index (χ3n) is 17.8. The Hall–Kier alpha value is -10.3. The van der Waals surface area contributed by atoms with Crippen LogP contribution in [0.3, 0.4) is 0 Å². The normalized spacial score (nSPS) is 33.3. The van der Waals surface area contributed by atoms with Gasteiger partial charge in [-0.25, -0.2) is 0 Å². The lowest BCUT2D eigenvalue weighted by atomic mass is 9.93. The summed E-state index contributed by atoms with van der Waals surface area (Å²) in [4.78, 5) is 239. The molecule has 0 aromatic heterocycles. The molecular formula is C75H103NO47. The maximum Gasteiger partial charge on any atom is 0.303 e. The second kappa shape index (κ2) is 47.0. The van der Waals surface area contributed by atoms with E-state index < -0.39 is 325 Å². The third kappa shape index (κ3) is 30.3. The molecule has 0 spiro atoms. The Kier molecular flexibility index (Phi) is 38.8. The zero-order valence-corrected chi connectivity index (χ0v) is 70.5. The van der Waals surface area contributed by atoms with Gasteiger partial charge in [0, 0.05) is 125 Å². The molecule has 1 N–H and O–H groups in total. The van der Waals surface area contributed by atoms with Gasteiger partial charge in [0.15, 0.2) is 117 Å². The van der Waals surface area contributed by atoms with E-state index in [1.165, 1.54) is 13.0 Å². The van der Waals surface area contributed by atoms with E-state index in [-0.39, 0.29) is 6.61 Å². The van der Waals surface area contributed by atoms with E-state index in [9.17, 15) is 86.3 Å². The van der Waals surface area contributed by atoms with E-state index >= 15 is 0 Å². The number of hydrogen-bond donors (Lipinski definition) is 1. The van der Waals surface area contributed by atoms with E-state index in [2.05, 4.69) is 11.9 Å². The SMILES string of the molecule is C=CCO[C@@H]1O[C@H](COC(C)=O)[C@@H](O[C@@H]2O[C@H](COC(C)=O)[C@H](O[C@H]3O[C@H](COC(C)=O)[C@H](OC(C)=O)[C@H](O[C@@H]4O[C@H](COC(C)=O)[C@H](OC(C)=O)[C@H](O[C@@H]5O[C@H](COC(C)=O)[C@H](OC(C)=O)[C@H](OC(C)=O)[C@H]5O[C@@H]5O[C@@H](C)[C@@H](OC(C)=O)[C@H](OC(C)=O)[C@@H]5OC(C)=O)[C@H]4NC(C)=O)[C@H]3OC(C)=O)[C@H](OC(C)=O)[C@H]2OC(C)=O)[C@H](OC(C)=O)[C@H]1OC(C)=O. The lowest BCUT2D eigenvalue weighted by Crippen LogP contribution is -2.72. The summed E-state index contributed by atoms with van der Waals surface area (Å²) in [5.41, 5.74) is 0. The lowest BCUT2D eigenvalue weighted by Gasteiger charge is -2.52. The predicted molar refractivity (Wildman–Crippen MR) is 386 cm³/mol. The lowest BCUT2D eigenvalue weighted by molar-refractivity contribution is -0.393. The summed E-state index contributed by atoms with van der Waals surface area (Å²) in [6.07, 6.45) is -58.6. The van der Waals surface area contributed by atoms with Crippen molar-refractivity contribution in [1.82, 2.24) is 5.32 Å². The number of nitrogens with one attached hydrogen (secondary N) is 1. The van der Waals surface area contributed by atoms with E-state index in [1.807, 2.05) is 0 Å². The van der Waals surface area contributed by atoms with E-state index in [0.717, 1.165) is 125 Å². The monoisotopic (exact) mass is 1770 g/mol. The van der Waals surface area contributed by atoms with Gasteiger partial charge in [0.25, 0.3) is 0 Å². The van der Waals surface area contributed by atoms with Gasteiger partial charge < -0.3 is 143 Å². The van der Waals surface area contributed by atoms with E-state index in [1.54, 1.807) is 0 Å². The van der Waals surface area contributed by atoms with Gasteiger partial charge in [-0.1, -0.05) is 6.08 Å². The fraction of sp³-hybridized carbons (Fsp3) is 0.733. The highest BCUT2D eigenvalue weighted by Gasteiger charge is 2.64. The van der Waals surface area contributed by atoms with Gasteiger partial charge in [0.2, 0.25) is 5.91 Å². The molecule has 0 radical (unpaired) electrons. The van der Waals surface area contributed by atoms with Crippen LogP contribution in [-0.2, 0) is 224 Å². The summed E-state index contributed by atoms with van der Waals surface area (Å²) in [5.74, 6) is -19.8. The zero-order chi connectivity index (χ0) is 91.9. The third-order valence-corrected chi connectivity index (χ3v) is 17.8. The summed E-state index contributed by atoms with van der Waals surface area (Å²) in [6.45, 7) is 16.2. The molecule has 6 aliphatic heterocycles. The average molecular weight is 1770 g/mol. The number of carbonyl (C=O) groups is 18. The molecule has 30 atom stereocenters. The van der Waals surface area contributed by atoms with E-state index in [4.69, 9.17) is 137 Å². The first-order chi connectivity index (χ1) is 57.7. The molecule has 0 aliphatic carbocycles. The second-order valence-electron chi connectivity index (χ2n) is 28.2. The smallest absolute Gasteiger partial charge is 0.303 e. The van der Waals surface area contributed by atoms with Gasteiger partial charge in [-0.15, -0.1) is 6.58 Å².